The van der Waals surface area contributed by atoms with Crippen LogP contribution in [0.4, 0.5) is 0 Å². The van der Waals surface area contributed by atoms with Crippen LogP contribution in [0.25, 0.3) is 0 Å². The van der Waals surface area contributed by atoms with Gasteiger partial charge in [-0.25, -0.2) is 0 Å². The normalized spacial score (nSPS) is 10.7. The predicted octanol–water partition coefficient (Wildman–Crippen LogP) is 2.69. The molecule has 0 atom stereocenters. The Morgan fingerprint density at radius 3 is 2.89 bits per heavy atom. The topological polar surface area (TPSA) is 60.2 Å². The van der Waals surface area contributed by atoms with Crippen molar-refractivity contribution in [2.75, 3.05) is 7.05 Å². The van der Waals surface area contributed by atoms with E-state index in [9.17, 15) is 0 Å². The minimum Gasteiger partial charge on any atom is -0.483 e. The lowest BCUT2D eigenvalue weighted by molar-refractivity contribution is 0.241. The van der Waals surface area contributed by atoms with Crippen molar-refractivity contribution in [2.45, 2.75) is 26.5 Å². The van der Waals surface area contributed by atoms with Crippen LogP contribution < -0.4 is 10.1 Å². The number of hydrogen-bond acceptors (Lipinski definition) is 5. The Labute approximate surface area is 120 Å². The van der Waals surface area contributed by atoms with Crippen molar-refractivity contribution in [3.8, 4) is 5.75 Å². The molecule has 0 bridgehead atoms. The fraction of sp³-hybridized carbons (Fsp3) is 0.385. The molecule has 0 aliphatic carbocycles. The van der Waals surface area contributed by atoms with E-state index >= 15 is 0 Å². The van der Waals surface area contributed by atoms with E-state index in [1.54, 1.807) is 0 Å². The van der Waals surface area contributed by atoms with Gasteiger partial charge in [-0.1, -0.05) is 18.1 Å². The largest absolute Gasteiger partial charge is 0.483 e. The van der Waals surface area contributed by atoms with Crippen LogP contribution in [0.3, 0.4) is 0 Å². The van der Waals surface area contributed by atoms with Gasteiger partial charge in [-0.3, -0.25) is 0 Å². The Balaban J connectivity index is 1.99. The molecule has 19 heavy (non-hydrogen) atoms. The second kappa shape index (κ2) is 6.68. The van der Waals surface area contributed by atoms with Crippen LogP contribution >= 0.6 is 15.9 Å². The molecule has 102 valence electrons. The van der Waals surface area contributed by atoms with Crippen LogP contribution in [0.1, 0.15) is 24.2 Å². The van der Waals surface area contributed by atoms with E-state index in [1.165, 1.54) is 5.56 Å². The maximum absolute atomic E-state index is 5.65. The average Bonchev–Trinajstić information content (AvgIpc) is 2.86. The zero-order valence-electron chi connectivity index (χ0n) is 10.9. The summed E-state index contributed by atoms with van der Waals surface area (Å²) in [5.41, 5.74) is 1.19. The van der Waals surface area contributed by atoms with Crippen LogP contribution in [-0.4, -0.2) is 17.2 Å². The second-order valence-electron chi connectivity index (χ2n) is 4.04. The highest BCUT2D eigenvalue weighted by molar-refractivity contribution is 9.10. The third-order valence-electron chi connectivity index (χ3n) is 2.55. The van der Waals surface area contributed by atoms with Crippen molar-refractivity contribution in [3.63, 3.8) is 0 Å². The number of ether oxygens (including phenoxy) is 1. The molecular weight excluding hydrogens is 310 g/mol. The number of halogens is 1. The molecule has 1 N–H and O–H groups in total. The Bertz CT molecular complexity index is 542. The van der Waals surface area contributed by atoms with E-state index in [2.05, 4.69) is 31.4 Å². The molecule has 6 heteroatoms. The van der Waals surface area contributed by atoms with Crippen LogP contribution in [-0.2, 0) is 19.6 Å². The highest BCUT2D eigenvalue weighted by Gasteiger charge is 2.07. The number of aryl methyl sites for hydroxylation is 1. The molecule has 5 nitrogen and oxygen atoms in total. The summed E-state index contributed by atoms with van der Waals surface area (Å²) in [6.07, 6.45) is 0.756. The van der Waals surface area contributed by atoms with Gasteiger partial charge in [0.15, 0.2) is 12.4 Å². The summed E-state index contributed by atoms with van der Waals surface area (Å²) in [5.74, 6) is 1.95. The van der Waals surface area contributed by atoms with E-state index < -0.39 is 0 Å². The molecule has 0 radical (unpaired) electrons. The quantitative estimate of drug-likeness (QED) is 0.884. The zero-order chi connectivity index (χ0) is 13.7. The Morgan fingerprint density at radius 1 is 1.42 bits per heavy atom. The van der Waals surface area contributed by atoms with Crippen LogP contribution in [0.15, 0.2) is 27.2 Å². The van der Waals surface area contributed by atoms with Gasteiger partial charge >= 0.3 is 0 Å². The summed E-state index contributed by atoms with van der Waals surface area (Å²) >= 11 is 3.49. The Kier molecular flexibility index (Phi) is 4.93. The van der Waals surface area contributed by atoms with E-state index in [0.717, 1.165) is 23.2 Å². The number of aromatic nitrogens is 2. The number of benzene rings is 1. The average molecular weight is 326 g/mol. The fourth-order valence-corrected chi connectivity index (χ4v) is 2.15. The number of nitrogens with one attached hydrogen (secondary N) is 1. The van der Waals surface area contributed by atoms with E-state index in [1.807, 2.05) is 32.2 Å². The van der Waals surface area contributed by atoms with Gasteiger partial charge in [-0.05, 0) is 40.7 Å². The molecule has 2 rings (SSSR count). The summed E-state index contributed by atoms with van der Waals surface area (Å²) in [6.45, 7) is 3.08. The molecule has 1 heterocycles. The maximum Gasteiger partial charge on any atom is 0.264 e. The first-order valence-corrected chi connectivity index (χ1v) is 6.89. The molecule has 1 aromatic heterocycles. The molecule has 2 aromatic rings. The van der Waals surface area contributed by atoms with Crippen LogP contribution in [0.5, 0.6) is 5.75 Å². The van der Waals surface area contributed by atoms with Crippen molar-refractivity contribution >= 4 is 15.9 Å². The lowest BCUT2D eigenvalue weighted by Crippen LogP contribution is -2.05. The van der Waals surface area contributed by atoms with Crippen molar-refractivity contribution in [2.24, 2.45) is 0 Å². The van der Waals surface area contributed by atoms with E-state index in [4.69, 9.17) is 9.26 Å². The first-order chi connectivity index (χ1) is 9.22. The third kappa shape index (κ3) is 3.78. The van der Waals surface area contributed by atoms with E-state index in [0.29, 0.717) is 11.7 Å². The second-order valence-corrected chi connectivity index (χ2v) is 4.90. The first kappa shape index (κ1) is 14.0. The number of rotatable bonds is 6. The third-order valence-corrected chi connectivity index (χ3v) is 3.17. The lowest BCUT2D eigenvalue weighted by atomic mass is 10.2. The van der Waals surface area contributed by atoms with Gasteiger partial charge in [-0.15, -0.1) is 0 Å². The molecule has 0 unspecified atom stereocenters. The SMILES string of the molecule is CCc1noc(COc2ccc(CNC)cc2Br)n1. The monoisotopic (exact) mass is 325 g/mol. The Morgan fingerprint density at radius 2 is 2.26 bits per heavy atom. The van der Waals surface area contributed by atoms with Gasteiger partial charge < -0.3 is 14.6 Å². The summed E-state index contributed by atoms with van der Waals surface area (Å²) < 4.78 is 11.6. The van der Waals surface area contributed by atoms with Crippen molar-refractivity contribution < 1.29 is 9.26 Å². The molecule has 0 saturated heterocycles. The van der Waals surface area contributed by atoms with Gasteiger partial charge in [-0.2, -0.15) is 4.98 Å². The van der Waals surface area contributed by atoms with Crippen molar-refractivity contribution in [1.29, 1.82) is 0 Å². The van der Waals surface area contributed by atoms with E-state index in [-0.39, 0.29) is 6.61 Å². The maximum atomic E-state index is 5.65. The summed E-state index contributed by atoms with van der Waals surface area (Å²) in [5, 5.41) is 6.92. The highest BCUT2D eigenvalue weighted by atomic mass is 79.9. The zero-order valence-corrected chi connectivity index (χ0v) is 12.5. The van der Waals surface area contributed by atoms with Gasteiger partial charge in [0.05, 0.1) is 4.47 Å². The standard InChI is InChI=1S/C13H16BrN3O2/c1-3-12-16-13(19-17-12)8-18-11-5-4-9(7-15-2)6-10(11)14/h4-6,15H,3,7-8H2,1-2H3. The molecule has 0 aliphatic heterocycles. The van der Waals surface area contributed by atoms with Gasteiger partial charge in [0, 0.05) is 13.0 Å². The van der Waals surface area contributed by atoms with Crippen LogP contribution in [0, 0.1) is 0 Å². The minimum absolute atomic E-state index is 0.275. The van der Waals surface area contributed by atoms with Gasteiger partial charge in [0.1, 0.15) is 5.75 Å². The predicted molar refractivity (Wildman–Crippen MR) is 74.9 cm³/mol. The molecule has 1 aromatic carbocycles. The fourth-order valence-electron chi connectivity index (χ4n) is 1.61. The number of nitrogens with zero attached hydrogens (tertiary/aromatic N) is 2. The molecule has 0 saturated carbocycles. The Hall–Kier alpha value is -1.40. The summed E-state index contributed by atoms with van der Waals surface area (Å²) in [7, 11) is 1.92. The molecule has 0 fully saturated rings. The lowest BCUT2D eigenvalue weighted by Gasteiger charge is -2.07. The molecule has 0 aliphatic rings. The van der Waals surface area contributed by atoms with Gasteiger partial charge in [0.2, 0.25) is 0 Å². The van der Waals surface area contributed by atoms with Crippen molar-refractivity contribution in [3.05, 3.63) is 40.0 Å². The highest BCUT2D eigenvalue weighted by Crippen LogP contribution is 2.26. The van der Waals surface area contributed by atoms with Crippen molar-refractivity contribution in [1.82, 2.24) is 15.5 Å². The summed E-state index contributed by atoms with van der Waals surface area (Å²) in [4.78, 5) is 4.19. The molecular formula is C13H16BrN3O2. The molecule has 0 amide bonds. The molecule has 0 spiro atoms. The smallest absolute Gasteiger partial charge is 0.264 e. The summed E-state index contributed by atoms with van der Waals surface area (Å²) in [6, 6.07) is 5.97. The minimum atomic E-state index is 0.275. The number of hydrogen-bond donors (Lipinski definition) is 1. The van der Waals surface area contributed by atoms with Crippen LogP contribution in [0.2, 0.25) is 0 Å². The van der Waals surface area contributed by atoms with Gasteiger partial charge in [0.25, 0.3) is 5.89 Å². The first-order valence-electron chi connectivity index (χ1n) is 6.10.